The second-order valence-corrected chi connectivity index (χ2v) is 7.89. The number of aryl methyl sites for hydroxylation is 1. The minimum Gasteiger partial charge on any atom is -0.206 e. The molecule has 0 bridgehead atoms. The maximum Gasteiger partial charge on any atom is 0.252 e. The van der Waals surface area contributed by atoms with Crippen molar-refractivity contribution in [3.05, 3.63) is 29.8 Å². The number of hydrogen-bond donors (Lipinski definition) is 0. The molecule has 1 unspecified atom stereocenters. The average molecular weight is 294 g/mol. The van der Waals surface area contributed by atoms with Crippen LogP contribution < -0.4 is 0 Å². The van der Waals surface area contributed by atoms with Crippen LogP contribution in [0.5, 0.6) is 0 Å². The topological polar surface area (TPSA) is 37.4 Å². The molecule has 96 valence electrons. The van der Waals surface area contributed by atoms with Gasteiger partial charge >= 0.3 is 0 Å². The van der Waals surface area contributed by atoms with Crippen molar-refractivity contribution in [2.24, 2.45) is 0 Å². The zero-order valence-electron chi connectivity index (χ0n) is 10.1. The second kappa shape index (κ2) is 6.09. The molecular formula is C11H16ClNO2S2. The first-order valence-corrected chi connectivity index (χ1v) is 7.98. The summed E-state index contributed by atoms with van der Waals surface area (Å²) in [6, 6.07) is 6.81. The third kappa shape index (κ3) is 4.17. The van der Waals surface area contributed by atoms with Crippen molar-refractivity contribution in [1.82, 2.24) is 3.71 Å². The molecule has 0 fully saturated rings. The van der Waals surface area contributed by atoms with Crippen molar-refractivity contribution < 1.29 is 8.42 Å². The Balaban J connectivity index is 2.84. The van der Waals surface area contributed by atoms with Gasteiger partial charge in [-0.25, -0.2) is 8.42 Å². The summed E-state index contributed by atoms with van der Waals surface area (Å²) in [5.74, 6) is 0.559. The predicted molar refractivity (Wildman–Crippen MR) is 73.9 cm³/mol. The maximum absolute atomic E-state index is 12.1. The van der Waals surface area contributed by atoms with E-state index < -0.39 is 10.0 Å². The first-order chi connectivity index (χ1) is 7.84. The van der Waals surface area contributed by atoms with Gasteiger partial charge in [-0.15, -0.1) is 15.3 Å². The molecule has 6 heteroatoms. The summed E-state index contributed by atoms with van der Waals surface area (Å²) in [4.78, 5) is 0.306. The summed E-state index contributed by atoms with van der Waals surface area (Å²) in [5.41, 5.74) is 1.04. The number of nitrogens with zero attached hydrogens (tertiary/aromatic N) is 1. The first-order valence-electron chi connectivity index (χ1n) is 5.16. The van der Waals surface area contributed by atoms with E-state index in [9.17, 15) is 8.42 Å². The lowest BCUT2D eigenvalue weighted by molar-refractivity contribution is 0.564. The Morgan fingerprint density at radius 3 is 2.35 bits per heavy atom. The van der Waals surface area contributed by atoms with Crippen LogP contribution in [0.1, 0.15) is 12.5 Å². The van der Waals surface area contributed by atoms with Crippen LogP contribution in [0, 0.1) is 6.92 Å². The summed E-state index contributed by atoms with van der Waals surface area (Å²) < 4.78 is 25.5. The van der Waals surface area contributed by atoms with Gasteiger partial charge in [0.2, 0.25) is 0 Å². The fourth-order valence-electron chi connectivity index (χ4n) is 1.14. The summed E-state index contributed by atoms with van der Waals surface area (Å²) >= 11 is 7.00. The highest BCUT2D eigenvalue weighted by molar-refractivity contribution is 8.08. The highest BCUT2D eigenvalue weighted by Gasteiger charge is 2.21. The van der Waals surface area contributed by atoms with Crippen molar-refractivity contribution >= 4 is 33.6 Å². The molecule has 0 amide bonds. The summed E-state index contributed by atoms with van der Waals surface area (Å²) in [7, 11) is -1.87. The van der Waals surface area contributed by atoms with Crippen LogP contribution in [-0.2, 0) is 10.0 Å². The molecule has 0 aliphatic heterocycles. The summed E-state index contributed by atoms with van der Waals surface area (Å²) in [5, 5.41) is -0.0596. The zero-order valence-corrected chi connectivity index (χ0v) is 12.4. The van der Waals surface area contributed by atoms with Gasteiger partial charge in [0.05, 0.1) is 4.90 Å². The Morgan fingerprint density at radius 2 is 1.88 bits per heavy atom. The smallest absolute Gasteiger partial charge is 0.206 e. The normalized spacial score (nSPS) is 13.9. The number of benzene rings is 1. The molecule has 1 aromatic rings. The quantitative estimate of drug-likeness (QED) is 0.619. The molecule has 1 atom stereocenters. The molecule has 17 heavy (non-hydrogen) atoms. The molecule has 0 radical (unpaired) electrons. The summed E-state index contributed by atoms with van der Waals surface area (Å²) in [6.07, 6.45) is 0. The lowest BCUT2D eigenvalue weighted by Gasteiger charge is -2.16. The fourth-order valence-corrected chi connectivity index (χ4v) is 3.49. The van der Waals surface area contributed by atoms with Gasteiger partial charge in [0, 0.05) is 18.2 Å². The van der Waals surface area contributed by atoms with Gasteiger partial charge in [-0.3, -0.25) is 0 Å². The Labute approximate surface area is 112 Å². The van der Waals surface area contributed by atoms with Crippen molar-refractivity contribution in [3.8, 4) is 0 Å². The SMILES string of the molecule is Cc1ccc(S(=O)(=O)N(C)SCC(C)Cl)cc1. The Bertz CT molecular complexity index is 457. The van der Waals surface area contributed by atoms with Crippen LogP contribution in [0.4, 0.5) is 0 Å². The zero-order chi connectivity index (χ0) is 13.1. The Hall–Kier alpha value is -0.230. The summed E-state index contributed by atoms with van der Waals surface area (Å²) in [6.45, 7) is 3.75. The minimum absolute atomic E-state index is 0.0596. The molecule has 1 aromatic carbocycles. The van der Waals surface area contributed by atoms with Crippen molar-refractivity contribution in [2.75, 3.05) is 12.8 Å². The fraction of sp³-hybridized carbons (Fsp3) is 0.455. The van der Waals surface area contributed by atoms with E-state index >= 15 is 0 Å². The van der Waals surface area contributed by atoms with Crippen molar-refractivity contribution in [3.63, 3.8) is 0 Å². The minimum atomic E-state index is -3.41. The molecule has 0 aromatic heterocycles. The van der Waals surface area contributed by atoms with E-state index in [-0.39, 0.29) is 5.38 Å². The van der Waals surface area contributed by atoms with Gasteiger partial charge in [0.15, 0.2) is 0 Å². The van der Waals surface area contributed by atoms with Crippen LogP contribution in [0.2, 0.25) is 0 Å². The largest absolute Gasteiger partial charge is 0.252 e. The van der Waals surface area contributed by atoms with Crippen LogP contribution >= 0.6 is 23.5 Å². The molecular weight excluding hydrogens is 278 g/mol. The van der Waals surface area contributed by atoms with Gasteiger partial charge in [-0.2, -0.15) is 0 Å². The van der Waals surface area contributed by atoms with Crippen molar-refractivity contribution in [1.29, 1.82) is 0 Å². The molecule has 0 aliphatic carbocycles. The molecule has 0 saturated carbocycles. The highest BCUT2D eigenvalue weighted by atomic mass is 35.5. The average Bonchev–Trinajstić information content (AvgIpc) is 2.26. The monoisotopic (exact) mass is 293 g/mol. The van der Waals surface area contributed by atoms with E-state index in [1.54, 1.807) is 31.3 Å². The third-order valence-electron chi connectivity index (χ3n) is 2.14. The van der Waals surface area contributed by atoms with E-state index in [4.69, 9.17) is 11.6 Å². The molecule has 0 heterocycles. The second-order valence-electron chi connectivity index (χ2n) is 3.80. The third-order valence-corrected chi connectivity index (χ3v) is 5.94. The predicted octanol–water partition coefficient (Wildman–Crippen LogP) is 2.89. The van der Waals surface area contributed by atoms with Gasteiger partial charge < -0.3 is 0 Å². The highest BCUT2D eigenvalue weighted by Crippen LogP contribution is 2.22. The van der Waals surface area contributed by atoms with Gasteiger partial charge in [0.25, 0.3) is 10.0 Å². The van der Waals surface area contributed by atoms with Crippen LogP contribution in [0.25, 0.3) is 0 Å². The standard InChI is InChI=1S/C11H16ClNO2S2/c1-9-4-6-11(7-5-9)17(14,15)13(3)16-8-10(2)12/h4-7,10H,8H2,1-3H3. The van der Waals surface area contributed by atoms with Crippen LogP contribution in [-0.4, -0.2) is 30.3 Å². The Kier molecular flexibility index (Phi) is 5.31. The molecule has 0 spiro atoms. The number of halogens is 1. The van der Waals surface area contributed by atoms with E-state index in [1.165, 1.54) is 15.7 Å². The van der Waals surface area contributed by atoms with Gasteiger partial charge in [-0.05, 0) is 26.0 Å². The number of rotatable bonds is 5. The van der Waals surface area contributed by atoms with Gasteiger partial charge in [-0.1, -0.05) is 29.6 Å². The number of alkyl halides is 1. The molecule has 0 saturated heterocycles. The number of sulfonamides is 1. The van der Waals surface area contributed by atoms with E-state index in [2.05, 4.69) is 0 Å². The first kappa shape index (κ1) is 14.8. The lowest BCUT2D eigenvalue weighted by Crippen LogP contribution is -2.21. The molecule has 1 rings (SSSR count). The van der Waals surface area contributed by atoms with Crippen molar-refractivity contribution in [2.45, 2.75) is 24.1 Å². The lowest BCUT2D eigenvalue weighted by atomic mass is 10.2. The van der Waals surface area contributed by atoms with Gasteiger partial charge in [0.1, 0.15) is 0 Å². The van der Waals surface area contributed by atoms with E-state index in [1.807, 2.05) is 13.8 Å². The molecule has 0 N–H and O–H groups in total. The van der Waals surface area contributed by atoms with Crippen LogP contribution in [0.3, 0.4) is 0 Å². The van der Waals surface area contributed by atoms with E-state index in [0.29, 0.717) is 10.6 Å². The number of hydrogen-bond acceptors (Lipinski definition) is 3. The molecule has 3 nitrogen and oxygen atoms in total. The van der Waals surface area contributed by atoms with Crippen LogP contribution in [0.15, 0.2) is 29.2 Å². The van der Waals surface area contributed by atoms with E-state index in [0.717, 1.165) is 5.56 Å². The Morgan fingerprint density at radius 1 is 1.35 bits per heavy atom. The molecule has 0 aliphatic rings. The maximum atomic E-state index is 12.1.